The average molecular weight is 565 g/mol. The van der Waals surface area contributed by atoms with Gasteiger partial charge in [0.2, 0.25) is 0 Å². The minimum Gasteiger partial charge on any atom is -0.493 e. The van der Waals surface area contributed by atoms with Crippen LogP contribution in [0, 0.1) is 0 Å². The molecule has 2 amide bonds. The van der Waals surface area contributed by atoms with E-state index in [9.17, 15) is 14.7 Å². The van der Waals surface area contributed by atoms with Crippen molar-refractivity contribution in [2.75, 3.05) is 52.4 Å². The van der Waals surface area contributed by atoms with Gasteiger partial charge >= 0.3 is 0 Å². The van der Waals surface area contributed by atoms with E-state index < -0.39 is 6.10 Å². The Kier molecular flexibility index (Phi) is 7.61. The molecule has 1 unspecified atom stereocenters. The molecule has 2 N–H and O–H groups in total. The zero-order valence-corrected chi connectivity index (χ0v) is 23.4. The SMILES string of the molecule is COc1cc2c(cc1OCCCCOc1cc3c(cc1OC)C(=O)N1CC(O)C[C@H]1CN3)N=C[C@@H]1CCCN1C2=O. The molecule has 218 valence electrons. The van der Waals surface area contributed by atoms with Crippen molar-refractivity contribution in [3.63, 3.8) is 0 Å². The fraction of sp³-hybridized carbons (Fsp3) is 0.500. The second-order valence-corrected chi connectivity index (χ2v) is 10.8. The van der Waals surface area contributed by atoms with Gasteiger partial charge in [0, 0.05) is 38.0 Å². The van der Waals surface area contributed by atoms with Crippen molar-refractivity contribution in [2.24, 2.45) is 4.99 Å². The molecule has 0 saturated carbocycles. The van der Waals surface area contributed by atoms with Crippen LogP contribution in [0.15, 0.2) is 29.3 Å². The highest BCUT2D eigenvalue weighted by Gasteiger charge is 2.38. The summed E-state index contributed by atoms with van der Waals surface area (Å²) in [7, 11) is 3.11. The van der Waals surface area contributed by atoms with E-state index in [1.807, 2.05) is 17.2 Å². The molecule has 0 bridgehead atoms. The Morgan fingerprint density at radius 3 is 2.34 bits per heavy atom. The number of amides is 2. The highest BCUT2D eigenvalue weighted by Crippen LogP contribution is 2.39. The summed E-state index contributed by atoms with van der Waals surface area (Å²) >= 11 is 0. The molecular formula is C30H36N4O7. The summed E-state index contributed by atoms with van der Waals surface area (Å²) in [6.07, 6.45) is 5.30. The number of aliphatic hydroxyl groups is 1. The van der Waals surface area contributed by atoms with Gasteiger partial charge < -0.3 is 39.2 Å². The third-order valence-electron chi connectivity index (χ3n) is 8.23. The number of aliphatic hydroxyl groups excluding tert-OH is 1. The summed E-state index contributed by atoms with van der Waals surface area (Å²) in [5.74, 6) is 1.97. The van der Waals surface area contributed by atoms with Crippen LogP contribution in [0.5, 0.6) is 23.0 Å². The van der Waals surface area contributed by atoms with Gasteiger partial charge in [-0.05, 0) is 44.2 Å². The number of rotatable bonds is 9. The number of carbonyl (C=O) groups is 2. The van der Waals surface area contributed by atoms with E-state index in [4.69, 9.17) is 18.9 Å². The number of carbonyl (C=O) groups excluding carboxylic acids is 2. The van der Waals surface area contributed by atoms with Crippen molar-refractivity contribution in [2.45, 2.75) is 50.3 Å². The maximum Gasteiger partial charge on any atom is 0.256 e. The monoisotopic (exact) mass is 564 g/mol. The largest absolute Gasteiger partial charge is 0.493 e. The van der Waals surface area contributed by atoms with Gasteiger partial charge in [0.05, 0.1) is 68.1 Å². The smallest absolute Gasteiger partial charge is 0.256 e. The minimum atomic E-state index is -0.491. The highest BCUT2D eigenvalue weighted by molar-refractivity contribution is 6.03. The number of fused-ring (bicyclic) bond motifs is 4. The third-order valence-corrected chi connectivity index (χ3v) is 8.23. The molecule has 2 fully saturated rings. The van der Waals surface area contributed by atoms with Crippen LogP contribution in [0.2, 0.25) is 0 Å². The molecule has 0 radical (unpaired) electrons. The molecule has 41 heavy (non-hydrogen) atoms. The maximum absolute atomic E-state index is 13.1. The van der Waals surface area contributed by atoms with Crippen molar-refractivity contribution in [3.8, 4) is 23.0 Å². The van der Waals surface area contributed by atoms with Crippen LogP contribution >= 0.6 is 0 Å². The van der Waals surface area contributed by atoms with E-state index in [0.717, 1.165) is 32.2 Å². The van der Waals surface area contributed by atoms with Gasteiger partial charge in [0.25, 0.3) is 11.8 Å². The molecule has 11 heteroatoms. The summed E-state index contributed by atoms with van der Waals surface area (Å²) in [6, 6.07) is 7.03. The van der Waals surface area contributed by atoms with Crippen molar-refractivity contribution in [1.29, 1.82) is 0 Å². The number of benzene rings is 2. The number of nitrogens with zero attached hydrogens (tertiary/aromatic N) is 3. The van der Waals surface area contributed by atoms with E-state index in [0.29, 0.717) is 78.2 Å². The Bertz CT molecular complexity index is 1360. The first-order valence-corrected chi connectivity index (χ1v) is 14.2. The van der Waals surface area contributed by atoms with Gasteiger partial charge in [-0.3, -0.25) is 14.6 Å². The molecular weight excluding hydrogens is 528 g/mol. The fourth-order valence-electron chi connectivity index (χ4n) is 6.06. The second kappa shape index (κ2) is 11.5. The summed E-state index contributed by atoms with van der Waals surface area (Å²) < 4.78 is 23.1. The van der Waals surface area contributed by atoms with Gasteiger partial charge in [-0.15, -0.1) is 0 Å². The van der Waals surface area contributed by atoms with Crippen LogP contribution in [-0.2, 0) is 0 Å². The van der Waals surface area contributed by atoms with Crippen LogP contribution in [0.4, 0.5) is 11.4 Å². The molecule has 0 aliphatic carbocycles. The Balaban J connectivity index is 1.05. The lowest BCUT2D eigenvalue weighted by Crippen LogP contribution is -2.37. The summed E-state index contributed by atoms with van der Waals surface area (Å²) in [5, 5.41) is 13.4. The quantitative estimate of drug-likeness (QED) is 0.445. The highest BCUT2D eigenvalue weighted by atomic mass is 16.5. The van der Waals surface area contributed by atoms with E-state index in [1.54, 1.807) is 37.3 Å². The first-order valence-electron chi connectivity index (χ1n) is 14.2. The number of methoxy groups -OCH3 is 2. The molecule has 2 aromatic rings. The van der Waals surface area contributed by atoms with E-state index >= 15 is 0 Å². The third kappa shape index (κ3) is 5.26. The average Bonchev–Trinajstić information content (AvgIpc) is 3.56. The van der Waals surface area contributed by atoms with Crippen molar-refractivity contribution < 1.29 is 33.6 Å². The van der Waals surface area contributed by atoms with E-state index in [2.05, 4.69) is 10.3 Å². The number of ether oxygens (including phenoxy) is 4. The van der Waals surface area contributed by atoms with Gasteiger partial charge in [-0.1, -0.05) is 0 Å². The van der Waals surface area contributed by atoms with Crippen molar-refractivity contribution in [1.82, 2.24) is 9.80 Å². The molecule has 2 aromatic carbocycles. The molecule has 6 rings (SSSR count). The zero-order valence-electron chi connectivity index (χ0n) is 23.4. The van der Waals surface area contributed by atoms with Gasteiger partial charge in [0.15, 0.2) is 23.0 Å². The summed E-state index contributed by atoms with van der Waals surface area (Å²) in [4.78, 5) is 34.4. The van der Waals surface area contributed by atoms with Crippen LogP contribution < -0.4 is 24.3 Å². The molecule has 11 nitrogen and oxygen atoms in total. The summed E-state index contributed by atoms with van der Waals surface area (Å²) in [6.45, 7) is 2.53. The molecule has 3 atom stereocenters. The number of aliphatic imine (C=N–C) groups is 1. The Labute approximate surface area is 239 Å². The molecule has 4 aliphatic heterocycles. The fourth-order valence-corrected chi connectivity index (χ4v) is 6.06. The number of hydrogen-bond acceptors (Lipinski definition) is 9. The lowest BCUT2D eigenvalue weighted by Gasteiger charge is -2.21. The Morgan fingerprint density at radius 2 is 1.61 bits per heavy atom. The topological polar surface area (TPSA) is 122 Å². The summed E-state index contributed by atoms with van der Waals surface area (Å²) in [5.41, 5.74) is 2.35. The van der Waals surface area contributed by atoms with Gasteiger partial charge in [-0.25, -0.2) is 0 Å². The first kappa shape index (κ1) is 27.2. The maximum atomic E-state index is 13.1. The molecule has 2 saturated heterocycles. The predicted octanol–water partition coefficient (Wildman–Crippen LogP) is 3.26. The number of anilines is 1. The minimum absolute atomic E-state index is 0.0195. The lowest BCUT2D eigenvalue weighted by molar-refractivity contribution is 0.0727. The van der Waals surface area contributed by atoms with E-state index in [1.165, 1.54) is 0 Å². The Morgan fingerprint density at radius 1 is 0.927 bits per heavy atom. The first-order chi connectivity index (χ1) is 20.0. The molecule has 4 aliphatic rings. The lowest BCUT2D eigenvalue weighted by atomic mass is 10.1. The normalized spacial score (nSPS) is 22.7. The van der Waals surface area contributed by atoms with Gasteiger partial charge in [0.1, 0.15) is 0 Å². The van der Waals surface area contributed by atoms with Crippen LogP contribution in [0.3, 0.4) is 0 Å². The Hall–Kier alpha value is -3.99. The predicted molar refractivity (Wildman–Crippen MR) is 152 cm³/mol. The molecule has 0 aromatic heterocycles. The van der Waals surface area contributed by atoms with Crippen molar-refractivity contribution >= 4 is 29.4 Å². The zero-order chi connectivity index (χ0) is 28.5. The standard InChI is InChI=1S/C30H36N4O7/c1-38-25-11-21-23(31-15-18-6-5-7-33(18)29(21)36)13-27(25)40-8-3-4-9-41-28-14-24-22(12-26(28)39-2)30(37)34-17-20(35)10-19(34)16-32-24/h11-15,18-20,32,35H,3-10,16-17H2,1-2H3/t18-,19-,20?/m0/s1. The van der Waals surface area contributed by atoms with Crippen LogP contribution in [-0.4, -0.2) is 98.2 Å². The number of unbranched alkanes of at least 4 members (excludes halogenated alkanes) is 1. The van der Waals surface area contributed by atoms with Crippen LogP contribution in [0.1, 0.15) is 52.8 Å². The second-order valence-electron chi connectivity index (χ2n) is 10.8. The van der Waals surface area contributed by atoms with Crippen molar-refractivity contribution in [3.05, 3.63) is 35.4 Å². The molecule has 0 spiro atoms. The van der Waals surface area contributed by atoms with E-state index in [-0.39, 0.29) is 23.9 Å². The van der Waals surface area contributed by atoms with Crippen LogP contribution in [0.25, 0.3) is 0 Å². The number of hydrogen-bond donors (Lipinski definition) is 2. The number of nitrogens with one attached hydrogen (secondary N) is 1. The molecule has 4 heterocycles. The van der Waals surface area contributed by atoms with Gasteiger partial charge in [-0.2, -0.15) is 0 Å².